The second-order valence-electron chi connectivity index (χ2n) is 18.3. The highest BCUT2D eigenvalue weighted by atomic mass is 16.6. The van der Waals surface area contributed by atoms with E-state index in [1.807, 2.05) is 12.1 Å². The molecule has 0 spiro atoms. The summed E-state index contributed by atoms with van der Waals surface area (Å²) in [5.74, 6) is 1.68. The topological polar surface area (TPSA) is 119 Å². The second kappa shape index (κ2) is 13.0. The number of carbonyl (C=O) groups is 2. The van der Waals surface area contributed by atoms with Crippen molar-refractivity contribution in [3.63, 3.8) is 0 Å². The molecule has 4 fully saturated rings. The fourth-order valence-electron chi connectivity index (χ4n) is 12.5. The van der Waals surface area contributed by atoms with Crippen LogP contribution in [0.25, 0.3) is 0 Å². The number of phenolic OH excluding ortho intramolecular Hbond substituents is 1. The normalized spacial score (nSPS) is 41.5. The van der Waals surface area contributed by atoms with E-state index in [1.165, 1.54) is 12.0 Å². The van der Waals surface area contributed by atoms with Crippen LogP contribution in [0.15, 0.2) is 35.9 Å². The van der Waals surface area contributed by atoms with Crippen molar-refractivity contribution in [2.24, 2.45) is 62.4 Å². The SMILES string of the molecule is C[C@H]1[C@H](C)CC[C@]2(C(=O)OCCOC(=O)[C@@H](N)CCc3ccc(O)cc3)CC[C@]3(C)C(=CC[C@@H]4[C@@]5(C)CC[C@H](O)C(C)(C)C5CC[C@]43C)[C@H]12. The first-order chi connectivity index (χ1) is 23.0. The van der Waals surface area contributed by atoms with E-state index in [0.29, 0.717) is 36.5 Å². The number of nitrogens with two attached hydrogens (primary N) is 1. The minimum atomic E-state index is -0.769. The number of hydrogen-bond donors (Lipinski definition) is 3. The van der Waals surface area contributed by atoms with Crippen molar-refractivity contribution < 1.29 is 29.3 Å². The minimum Gasteiger partial charge on any atom is -0.508 e. The van der Waals surface area contributed by atoms with Crippen molar-refractivity contribution in [2.75, 3.05) is 13.2 Å². The van der Waals surface area contributed by atoms with Crippen molar-refractivity contribution >= 4 is 11.9 Å². The first-order valence-corrected chi connectivity index (χ1v) is 19.3. The Morgan fingerprint density at radius 2 is 1.59 bits per heavy atom. The Bertz CT molecular complexity index is 1440. The zero-order chi connectivity index (χ0) is 35.6. The highest BCUT2D eigenvalue weighted by Gasteiger charge is 2.69. The maximum absolute atomic E-state index is 14.3. The molecule has 4 saturated carbocycles. The number of ether oxygens (including phenoxy) is 2. The molecule has 5 aliphatic carbocycles. The van der Waals surface area contributed by atoms with E-state index in [2.05, 4.69) is 54.5 Å². The zero-order valence-corrected chi connectivity index (χ0v) is 31.2. The van der Waals surface area contributed by atoms with E-state index in [9.17, 15) is 19.8 Å². The Hall–Kier alpha value is -2.38. The third kappa shape index (κ3) is 5.77. The number of fused-ring (bicyclic) bond motifs is 7. The van der Waals surface area contributed by atoms with Gasteiger partial charge in [0.25, 0.3) is 0 Å². The number of hydrogen-bond acceptors (Lipinski definition) is 7. The van der Waals surface area contributed by atoms with Crippen LogP contribution >= 0.6 is 0 Å². The van der Waals surface area contributed by atoms with E-state index in [1.54, 1.807) is 12.1 Å². The molecule has 0 heterocycles. The summed E-state index contributed by atoms with van der Waals surface area (Å²) in [6.07, 6.45) is 12.4. The zero-order valence-electron chi connectivity index (χ0n) is 31.2. The fourth-order valence-corrected chi connectivity index (χ4v) is 12.5. The molecule has 1 aromatic rings. The summed E-state index contributed by atoms with van der Waals surface area (Å²) in [5.41, 5.74) is 8.31. The number of phenols is 1. The van der Waals surface area contributed by atoms with Gasteiger partial charge in [-0.1, -0.05) is 72.2 Å². The van der Waals surface area contributed by atoms with Gasteiger partial charge >= 0.3 is 11.9 Å². The lowest BCUT2D eigenvalue weighted by molar-refractivity contribution is -0.207. The van der Waals surface area contributed by atoms with Crippen LogP contribution in [-0.4, -0.2) is 47.5 Å². The fraction of sp³-hybridized carbons (Fsp3) is 0.762. The molecular formula is C42H63NO6. The van der Waals surface area contributed by atoms with Gasteiger partial charge in [-0.15, -0.1) is 0 Å². The van der Waals surface area contributed by atoms with E-state index >= 15 is 0 Å². The van der Waals surface area contributed by atoms with Gasteiger partial charge in [-0.2, -0.15) is 0 Å². The molecule has 0 radical (unpaired) electrons. The predicted molar refractivity (Wildman–Crippen MR) is 191 cm³/mol. The summed E-state index contributed by atoms with van der Waals surface area (Å²) in [5, 5.41) is 20.5. The average molecular weight is 678 g/mol. The van der Waals surface area contributed by atoms with E-state index in [-0.39, 0.29) is 58.6 Å². The predicted octanol–water partition coefficient (Wildman–Crippen LogP) is 7.76. The summed E-state index contributed by atoms with van der Waals surface area (Å²) in [4.78, 5) is 26.9. The molecule has 0 aliphatic heterocycles. The molecule has 272 valence electrons. The number of rotatable bonds is 8. The third-order valence-electron chi connectivity index (χ3n) is 15.9. The molecule has 4 N–H and O–H groups in total. The lowest BCUT2D eigenvalue weighted by Crippen LogP contribution is -2.65. The molecule has 6 rings (SSSR count). The van der Waals surface area contributed by atoms with Crippen LogP contribution in [-0.2, 0) is 25.5 Å². The summed E-state index contributed by atoms with van der Waals surface area (Å²) in [6.45, 7) is 17.0. The summed E-state index contributed by atoms with van der Waals surface area (Å²) < 4.78 is 11.5. The Kier molecular flexibility index (Phi) is 9.65. The van der Waals surface area contributed by atoms with Crippen LogP contribution in [0.5, 0.6) is 5.75 Å². The van der Waals surface area contributed by atoms with Gasteiger partial charge in [0.05, 0.1) is 11.5 Å². The first kappa shape index (κ1) is 36.4. The van der Waals surface area contributed by atoms with Crippen molar-refractivity contribution in [3.05, 3.63) is 41.5 Å². The lowest BCUT2D eigenvalue weighted by Gasteiger charge is -2.71. The molecule has 5 aliphatic rings. The van der Waals surface area contributed by atoms with Gasteiger partial charge in [-0.3, -0.25) is 9.59 Å². The number of aliphatic hydroxyl groups is 1. The van der Waals surface area contributed by atoms with Crippen molar-refractivity contribution in [1.82, 2.24) is 0 Å². The summed E-state index contributed by atoms with van der Waals surface area (Å²) >= 11 is 0. The summed E-state index contributed by atoms with van der Waals surface area (Å²) in [7, 11) is 0. The molecule has 0 saturated heterocycles. The highest BCUT2D eigenvalue weighted by Crippen LogP contribution is 2.75. The molecular weight excluding hydrogens is 614 g/mol. The van der Waals surface area contributed by atoms with Crippen LogP contribution in [0.4, 0.5) is 0 Å². The van der Waals surface area contributed by atoms with E-state index in [4.69, 9.17) is 15.2 Å². The van der Waals surface area contributed by atoms with Gasteiger partial charge in [0.1, 0.15) is 25.0 Å². The van der Waals surface area contributed by atoms with Crippen molar-refractivity contribution in [3.8, 4) is 5.75 Å². The number of aromatic hydroxyl groups is 1. The average Bonchev–Trinajstić information content (AvgIpc) is 3.06. The van der Waals surface area contributed by atoms with Crippen LogP contribution < -0.4 is 5.73 Å². The first-order valence-electron chi connectivity index (χ1n) is 19.3. The molecule has 0 aromatic heterocycles. The number of esters is 2. The van der Waals surface area contributed by atoms with Crippen LogP contribution in [0, 0.1) is 56.7 Å². The summed E-state index contributed by atoms with van der Waals surface area (Å²) in [6, 6.07) is 6.10. The van der Waals surface area contributed by atoms with Gasteiger partial charge in [0, 0.05) is 0 Å². The molecule has 1 unspecified atom stereocenters. The molecule has 11 atom stereocenters. The van der Waals surface area contributed by atoms with Crippen molar-refractivity contribution in [1.29, 1.82) is 0 Å². The van der Waals surface area contributed by atoms with E-state index in [0.717, 1.165) is 56.9 Å². The van der Waals surface area contributed by atoms with Gasteiger partial charge in [-0.05, 0) is 140 Å². The Morgan fingerprint density at radius 1 is 0.898 bits per heavy atom. The number of allylic oxidation sites excluding steroid dienone is 2. The van der Waals surface area contributed by atoms with Crippen LogP contribution in [0.3, 0.4) is 0 Å². The van der Waals surface area contributed by atoms with Gasteiger partial charge in [0.2, 0.25) is 0 Å². The maximum atomic E-state index is 14.3. The number of aliphatic hydroxyl groups excluding tert-OH is 1. The Morgan fingerprint density at radius 3 is 2.31 bits per heavy atom. The second-order valence-corrected chi connectivity index (χ2v) is 18.3. The van der Waals surface area contributed by atoms with E-state index < -0.39 is 17.4 Å². The number of benzene rings is 1. The maximum Gasteiger partial charge on any atom is 0.323 e. The van der Waals surface area contributed by atoms with Gasteiger partial charge in [-0.25, -0.2) is 0 Å². The largest absolute Gasteiger partial charge is 0.508 e. The van der Waals surface area contributed by atoms with Crippen LogP contribution in [0.2, 0.25) is 0 Å². The van der Waals surface area contributed by atoms with Crippen LogP contribution in [0.1, 0.15) is 118 Å². The molecule has 1 aromatic carbocycles. The molecule has 7 heteroatoms. The molecule has 0 amide bonds. The van der Waals surface area contributed by atoms with Crippen molar-refractivity contribution in [2.45, 2.75) is 131 Å². The molecule has 49 heavy (non-hydrogen) atoms. The Labute approximate surface area is 294 Å². The number of carbonyl (C=O) groups excluding carboxylic acids is 2. The lowest BCUT2D eigenvalue weighted by atomic mass is 9.33. The van der Waals surface area contributed by atoms with Gasteiger partial charge in [0.15, 0.2) is 0 Å². The Balaban J connectivity index is 1.15. The minimum absolute atomic E-state index is 0.00482. The highest BCUT2D eigenvalue weighted by molar-refractivity contribution is 5.79. The monoisotopic (exact) mass is 677 g/mol. The third-order valence-corrected chi connectivity index (χ3v) is 15.9. The van der Waals surface area contributed by atoms with Gasteiger partial charge < -0.3 is 25.4 Å². The number of aryl methyl sites for hydroxylation is 1. The molecule has 7 nitrogen and oxygen atoms in total. The molecule has 0 bridgehead atoms. The quantitative estimate of drug-likeness (QED) is 0.146. The smallest absolute Gasteiger partial charge is 0.323 e. The standard InChI is InChI=1S/C42H63NO6/c1-26-16-21-42(37(47)49-25-24-48-36(46)31(43)14-10-28-8-11-29(44)12-9-28)23-22-40(6)30(35(42)27(26)2)13-15-33-39(5)19-18-34(45)38(3,4)32(39)17-20-41(33,40)7/h8-9,11-13,26-27,31-35,44-45H,10,14-25,43H2,1-7H3/t26-,27+,31+,32?,33-,34+,35+,39+,40-,41-,42+/m1/s1.